The van der Waals surface area contributed by atoms with E-state index in [1.807, 2.05) is 0 Å². The van der Waals surface area contributed by atoms with E-state index in [0.717, 1.165) is 0 Å². The average Bonchev–Trinajstić information content (AvgIpc) is 1.92. The van der Waals surface area contributed by atoms with E-state index in [1.165, 1.54) is 0 Å². The molecule has 0 aromatic rings. The standard InChI is InChI=1S/C4H8FO3P/c5-9(6)7-3-1-2-4-8-9/h1-4H2. The van der Waals surface area contributed by atoms with Gasteiger partial charge in [0.2, 0.25) is 0 Å². The second-order valence-electron chi connectivity index (χ2n) is 1.80. The van der Waals surface area contributed by atoms with Gasteiger partial charge in [-0.3, -0.25) is 9.05 Å². The van der Waals surface area contributed by atoms with Crippen LogP contribution in [0.1, 0.15) is 12.8 Å². The Bertz CT molecular complexity index is 126. The van der Waals surface area contributed by atoms with Crippen LogP contribution in [0.15, 0.2) is 0 Å². The van der Waals surface area contributed by atoms with Crippen molar-refractivity contribution in [2.24, 2.45) is 0 Å². The second-order valence-corrected chi connectivity index (χ2v) is 3.18. The van der Waals surface area contributed by atoms with Crippen molar-refractivity contribution < 1.29 is 17.8 Å². The van der Waals surface area contributed by atoms with Crippen molar-refractivity contribution in [2.75, 3.05) is 13.2 Å². The van der Waals surface area contributed by atoms with Gasteiger partial charge in [0.25, 0.3) is 0 Å². The first-order valence-electron chi connectivity index (χ1n) is 2.79. The van der Waals surface area contributed by atoms with Crippen molar-refractivity contribution in [1.29, 1.82) is 0 Å². The summed E-state index contributed by atoms with van der Waals surface area (Å²) in [6.07, 6.45) is 1.43. The van der Waals surface area contributed by atoms with Crippen molar-refractivity contribution in [1.82, 2.24) is 0 Å². The lowest BCUT2D eigenvalue weighted by Crippen LogP contribution is -1.84. The molecule has 0 saturated carbocycles. The van der Waals surface area contributed by atoms with Gasteiger partial charge in [0.05, 0.1) is 13.2 Å². The Kier molecular flexibility index (Phi) is 2.22. The maximum atomic E-state index is 12.2. The lowest BCUT2D eigenvalue weighted by atomic mass is 10.3. The van der Waals surface area contributed by atoms with E-state index >= 15 is 0 Å². The maximum absolute atomic E-state index is 12.2. The molecule has 0 bridgehead atoms. The molecule has 0 aliphatic carbocycles. The van der Waals surface area contributed by atoms with Gasteiger partial charge < -0.3 is 0 Å². The molecule has 0 unspecified atom stereocenters. The molecule has 0 radical (unpaired) electrons. The van der Waals surface area contributed by atoms with Gasteiger partial charge in [-0.1, -0.05) is 0 Å². The Hall–Kier alpha value is 0.0800. The number of halogens is 1. The molecule has 0 aromatic heterocycles. The summed E-state index contributed by atoms with van der Waals surface area (Å²) < 4.78 is 31.1. The first kappa shape index (κ1) is 7.19. The van der Waals surface area contributed by atoms with Crippen LogP contribution in [0.4, 0.5) is 4.20 Å². The van der Waals surface area contributed by atoms with Crippen LogP contribution in [-0.2, 0) is 13.6 Å². The predicted octanol–water partition coefficient (Wildman–Crippen LogP) is 1.89. The molecule has 0 amide bonds. The Morgan fingerprint density at radius 1 is 1.22 bits per heavy atom. The van der Waals surface area contributed by atoms with Crippen LogP contribution in [0.3, 0.4) is 0 Å². The van der Waals surface area contributed by atoms with Crippen molar-refractivity contribution in [2.45, 2.75) is 12.8 Å². The number of rotatable bonds is 0. The van der Waals surface area contributed by atoms with Crippen LogP contribution in [0, 0.1) is 0 Å². The van der Waals surface area contributed by atoms with Gasteiger partial charge in [-0.2, -0.15) is 0 Å². The molecule has 5 heteroatoms. The van der Waals surface area contributed by atoms with Gasteiger partial charge in [-0.15, -0.1) is 4.20 Å². The van der Waals surface area contributed by atoms with Crippen LogP contribution in [0.5, 0.6) is 0 Å². The molecule has 9 heavy (non-hydrogen) atoms. The Labute approximate surface area is 52.8 Å². The highest BCUT2D eigenvalue weighted by molar-refractivity contribution is 7.48. The fourth-order valence-electron chi connectivity index (χ4n) is 0.589. The fourth-order valence-corrected chi connectivity index (χ4v) is 1.36. The third-order valence-corrected chi connectivity index (χ3v) is 2.01. The minimum absolute atomic E-state index is 0.202. The summed E-state index contributed by atoms with van der Waals surface area (Å²) in [5, 5.41) is 0. The highest BCUT2D eigenvalue weighted by atomic mass is 31.2. The van der Waals surface area contributed by atoms with Crippen molar-refractivity contribution in [3.63, 3.8) is 0 Å². The van der Waals surface area contributed by atoms with Gasteiger partial charge in [0.1, 0.15) is 0 Å². The summed E-state index contributed by atoms with van der Waals surface area (Å²) in [5.41, 5.74) is 0. The molecular weight excluding hydrogens is 146 g/mol. The second kappa shape index (κ2) is 2.78. The molecule has 3 nitrogen and oxygen atoms in total. The van der Waals surface area contributed by atoms with Gasteiger partial charge in [-0.25, -0.2) is 4.57 Å². The van der Waals surface area contributed by atoms with Crippen LogP contribution >= 0.6 is 7.91 Å². The van der Waals surface area contributed by atoms with E-state index < -0.39 is 7.91 Å². The minimum atomic E-state index is -4.13. The Morgan fingerprint density at radius 2 is 1.67 bits per heavy atom. The Balaban J connectivity index is 2.45. The lowest BCUT2D eigenvalue weighted by Gasteiger charge is -2.02. The van der Waals surface area contributed by atoms with Crippen molar-refractivity contribution >= 4 is 7.91 Å². The molecular formula is C4H8FO3P. The smallest absolute Gasteiger partial charge is 0.284 e. The summed E-state index contributed by atoms with van der Waals surface area (Å²) >= 11 is 0. The molecule has 1 aliphatic rings. The van der Waals surface area contributed by atoms with Gasteiger partial charge >= 0.3 is 7.91 Å². The SMILES string of the molecule is O=P1(F)OCCCCO1. The number of hydrogen-bond donors (Lipinski definition) is 0. The van der Waals surface area contributed by atoms with Crippen molar-refractivity contribution in [3.05, 3.63) is 0 Å². The van der Waals surface area contributed by atoms with Gasteiger partial charge in [0, 0.05) is 0 Å². The summed E-state index contributed by atoms with van der Waals surface area (Å²) in [5.74, 6) is 0. The first-order chi connectivity index (χ1) is 4.21. The van der Waals surface area contributed by atoms with Crippen LogP contribution in [-0.4, -0.2) is 13.2 Å². The quantitative estimate of drug-likeness (QED) is 0.500. The molecule has 1 saturated heterocycles. The third-order valence-electron chi connectivity index (χ3n) is 1.03. The molecule has 1 aliphatic heterocycles. The first-order valence-corrected chi connectivity index (χ1v) is 4.23. The van der Waals surface area contributed by atoms with Gasteiger partial charge in [0.15, 0.2) is 0 Å². The van der Waals surface area contributed by atoms with Gasteiger partial charge in [-0.05, 0) is 12.8 Å². The maximum Gasteiger partial charge on any atom is 0.513 e. The average molecular weight is 154 g/mol. The van der Waals surface area contributed by atoms with E-state index in [-0.39, 0.29) is 13.2 Å². The normalized spacial score (nSPS) is 27.2. The van der Waals surface area contributed by atoms with Crippen LogP contribution in [0.25, 0.3) is 0 Å². The van der Waals surface area contributed by atoms with E-state index in [9.17, 15) is 8.76 Å². The zero-order chi connectivity index (χ0) is 6.74. The minimum Gasteiger partial charge on any atom is -0.284 e. The summed E-state index contributed by atoms with van der Waals surface area (Å²) in [6, 6.07) is 0. The van der Waals surface area contributed by atoms with E-state index in [0.29, 0.717) is 12.8 Å². The lowest BCUT2D eigenvalue weighted by molar-refractivity contribution is 0.205. The van der Waals surface area contributed by atoms with Crippen LogP contribution < -0.4 is 0 Å². The number of hydrogen-bond acceptors (Lipinski definition) is 3. The molecule has 1 rings (SSSR count). The topological polar surface area (TPSA) is 35.5 Å². The molecule has 1 fully saturated rings. The van der Waals surface area contributed by atoms with Crippen LogP contribution in [0.2, 0.25) is 0 Å². The molecule has 0 aromatic carbocycles. The highest BCUT2D eigenvalue weighted by Gasteiger charge is 2.25. The highest BCUT2D eigenvalue weighted by Crippen LogP contribution is 2.51. The summed E-state index contributed by atoms with van der Waals surface area (Å²) in [4.78, 5) is 0. The Morgan fingerprint density at radius 3 is 2.11 bits per heavy atom. The fraction of sp³-hybridized carbons (Fsp3) is 1.00. The van der Waals surface area contributed by atoms with E-state index in [1.54, 1.807) is 0 Å². The van der Waals surface area contributed by atoms with Crippen molar-refractivity contribution in [3.8, 4) is 0 Å². The zero-order valence-electron chi connectivity index (χ0n) is 4.88. The monoisotopic (exact) mass is 154 g/mol. The molecule has 0 spiro atoms. The summed E-state index contributed by atoms with van der Waals surface area (Å²) in [6.45, 7) is 0.404. The molecule has 54 valence electrons. The largest absolute Gasteiger partial charge is 0.513 e. The van der Waals surface area contributed by atoms with E-state index in [2.05, 4.69) is 9.05 Å². The predicted molar refractivity (Wildman–Crippen MR) is 29.9 cm³/mol. The van der Waals surface area contributed by atoms with E-state index in [4.69, 9.17) is 0 Å². The zero-order valence-corrected chi connectivity index (χ0v) is 5.77. The molecule has 1 heterocycles. The molecule has 0 N–H and O–H groups in total. The third kappa shape index (κ3) is 2.43. The molecule has 0 atom stereocenters. The summed E-state index contributed by atoms with van der Waals surface area (Å²) in [7, 11) is -4.13.